The summed E-state index contributed by atoms with van der Waals surface area (Å²) in [5.41, 5.74) is 5.96. The number of carbonyl (C=O) groups is 1. The molecule has 0 aromatic heterocycles. The minimum Gasteiger partial charge on any atom is -0.493 e. The van der Waals surface area contributed by atoms with Gasteiger partial charge in [0.15, 0.2) is 0 Å². The fourth-order valence-corrected chi connectivity index (χ4v) is 2.79. The number of hydrogen-bond acceptors (Lipinski definition) is 2. The molecule has 2 heteroatoms. The summed E-state index contributed by atoms with van der Waals surface area (Å²) in [5.74, 6) is 1.37. The van der Waals surface area contributed by atoms with Gasteiger partial charge in [0.2, 0.25) is 0 Å². The molecule has 1 aromatic rings. The van der Waals surface area contributed by atoms with E-state index in [1.165, 1.54) is 22.3 Å². The van der Waals surface area contributed by atoms with Gasteiger partial charge in [-0.25, -0.2) is 0 Å². The van der Waals surface area contributed by atoms with Gasteiger partial charge in [0, 0.05) is 5.57 Å². The lowest BCUT2D eigenvalue weighted by atomic mass is 9.82. The minimum absolute atomic E-state index is 0.0686. The zero-order valence-corrected chi connectivity index (χ0v) is 15.9. The van der Waals surface area contributed by atoms with Crippen LogP contribution in [0, 0.1) is 0 Å². The molecule has 0 bridgehead atoms. The molecule has 2 nitrogen and oxygen atoms in total. The Morgan fingerprint density at radius 1 is 0.913 bits per heavy atom. The Bertz CT molecular complexity index is 536. The van der Waals surface area contributed by atoms with E-state index in [-0.39, 0.29) is 6.10 Å². The lowest BCUT2D eigenvalue weighted by molar-refractivity contribution is -0.105. The largest absolute Gasteiger partial charge is 0.493 e. The van der Waals surface area contributed by atoms with E-state index in [4.69, 9.17) is 4.74 Å². The maximum Gasteiger partial charge on any atom is 0.148 e. The van der Waals surface area contributed by atoms with Crippen molar-refractivity contribution in [1.29, 1.82) is 0 Å². The number of benzene rings is 1. The van der Waals surface area contributed by atoms with Crippen molar-refractivity contribution in [2.45, 2.75) is 79.2 Å². The molecule has 1 aromatic carbocycles. The molecule has 0 aliphatic rings. The molecule has 0 aliphatic carbocycles. The maximum atomic E-state index is 10.8. The van der Waals surface area contributed by atoms with Crippen molar-refractivity contribution in [3.63, 3.8) is 0 Å². The Morgan fingerprint density at radius 3 is 1.74 bits per heavy atom. The molecule has 1 atom stereocenters. The SMILES string of the molecule is CC(C=O)=CO[C@@H](C)c1c(C(C)C)cc(C(C)C)cc1C(C)C. The molecule has 0 spiro atoms. The first kappa shape index (κ1) is 19.5. The fourth-order valence-electron chi connectivity index (χ4n) is 2.79. The monoisotopic (exact) mass is 316 g/mol. The number of ether oxygens (including phenoxy) is 1. The third-order valence-electron chi connectivity index (χ3n) is 4.23. The van der Waals surface area contributed by atoms with Crippen LogP contribution in [0.2, 0.25) is 0 Å². The fraction of sp³-hybridized carbons (Fsp3) is 0.571. The van der Waals surface area contributed by atoms with E-state index in [1.807, 2.05) is 0 Å². The second-order valence-electron chi connectivity index (χ2n) is 7.34. The van der Waals surface area contributed by atoms with Crippen LogP contribution in [0.1, 0.15) is 102 Å². The van der Waals surface area contributed by atoms with Crippen molar-refractivity contribution in [1.82, 2.24) is 0 Å². The summed E-state index contributed by atoms with van der Waals surface area (Å²) in [6.07, 6.45) is 2.32. The maximum absolute atomic E-state index is 10.8. The second kappa shape index (κ2) is 8.33. The number of allylic oxidation sites excluding steroid dienone is 1. The minimum atomic E-state index is -0.0686. The van der Waals surface area contributed by atoms with Gasteiger partial charge in [-0.1, -0.05) is 53.7 Å². The molecule has 0 heterocycles. The zero-order valence-electron chi connectivity index (χ0n) is 15.9. The van der Waals surface area contributed by atoms with E-state index in [0.717, 1.165) is 6.29 Å². The lowest BCUT2D eigenvalue weighted by Gasteiger charge is -2.26. The van der Waals surface area contributed by atoms with Gasteiger partial charge in [-0.3, -0.25) is 4.79 Å². The van der Waals surface area contributed by atoms with Crippen molar-refractivity contribution >= 4 is 6.29 Å². The highest BCUT2D eigenvalue weighted by Crippen LogP contribution is 2.37. The van der Waals surface area contributed by atoms with Crippen molar-refractivity contribution in [3.8, 4) is 0 Å². The first-order valence-electron chi connectivity index (χ1n) is 8.64. The van der Waals surface area contributed by atoms with Crippen LogP contribution >= 0.6 is 0 Å². The summed E-state index contributed by atoms with van der Waals surface area (Å²) in [7, 11) is 0. The van der Waals surface area contributed by atoms with E-state index in [9.17, 15) is 4.79 Å². The third-order valence-corrected chi connectivity index (χ3v) is 4.23. The van der Waals surface area contributed by atoms with Gasteiger partial charge < -0.3 is 4.74 Å². The molecular formula is C21H32O2. The van der Waals surface area contributed by atoms with Crippen LogP contribution in [0.3, 0.4) is 0 Å². The molecule has 0 saturated heterocycles. The molecule has 0 fully saturated rings. The predicted molar refractivity (Wildman–Crippen MR) is 98.0 cm³/mol. The molecule has 0 N–H and O–H groups in total. The smallest absolute Gasteiger partial charge is 0.148 e. The third kappa shape index (κ3) is 4.95. The van der Waals surface area contributed by atoms with Crippen LogP contribution in [0.15, 0.2) is 24.0 Å². The van der Waals surface area contributed by atoms with E-state index in [1.54, 1.807) is 13.2 Å². The van der Waals surface area contributed by atoms with Crippen LogP contribution in [-0.2, 0) is 9.53 Å². The van der Waals surface area contributed by atoms with Gasteiger partial charge in [0.05, 0.1) is 6.26 Å². The van der Waals surface area contributed by atoms with E-state index in [0.29, 0.717) is 23.3 Å². The topological polar surface area (TPSA) is 26.3 Å². The van der Waals surface area contributed by atoms with Crippen LogP contribution in [-0.4, -0.2) is 6.29 Å². The molecule has 0 amide bonds. The van der Waals surface area contributed by atoms with Gasteiger partial charge in [0.25, 0.3) is 0 Å². The Labute approximate surface area is 141 Å². The highest BCUT2D eigenvalue weighted by Gasteiger charge is 2.21. The molecule has 128 valence electrons. The van der Waals surface area contributed by atoms with Crippen molar-refractivity contribution in [2.24, 2.45) is 0 Å². The molecule has 0 saturated carbocycles. The van der Waals surface area contributed by atoms with Gasteiger partial charge in [-0.15, -0.1) is 0 Å². The van der Waals surface area contributed by atoms with Gasteiger partial charge in [-0.05, 0) is 53.9 Å². The molecule has 0 radical (unpaired) electrons. The normalized spacial score (nSPS) is 13.8. The number of hydrogen-bond donors (Lipinski definition) is 0. The Kier molecular flexibility index (Phi) is 7.05. The Balaban J connectivity index is 3.45. The van der Waals surface area contributed by atoms with Crippen molar-refractivity contribution < 1.29 is 9.53 Å². The second-order valence-corrected chi connectivity index (χ2v) is 7.34. The first-order valence-corrected chi connectivity index (χ1v) is 8.64. The van der Waals surface area contributed by atoms with Gasteiger partial charge >= 0.3 is 0 Å². The van der Waals surface area contributed by atoms with E-state index in [2.05, 4.69) is 60.6 Å². The van der Waals surface area contributed by atoms with Crippen molar-refractivity contribution in [2.75, 3.05) is 0 Å². The molecule has 23 heavy (non-hydrogen) atoms. The number of rotatable bonds is 7. The summed E-state index contributed by atoms with van der Waals surface area (Å²) < 4.78 is 5.87. The highest BCUT2D eigenvalue weighted by atomic mass is 16.5. The molecule has 1 rings (SSSR count). The van der Waals surface area contributed by atoms with Crippen LogP contribution in [0.4, 0.5) is 0 Å². The quantitative estimate of drug-likeness (QED) is 0.338. The Hall–Kier alpha value is -1.57. The highest BCUT2D eigenvalue weighted by molar-refractivity contribution is 5.71. The summed E-state index contributed by atoms with van der Waals surface area (Å²) in [5, 5.41) is 0. The van der Waals surface area contributed by atoms with E-state index < -0.39 is 0 Å². The predicted octanol–water partition coefficient (Wildman–Crippen LogP) is 6.24. The lowest BCUT2D eigenvalue weighted by Crippen LogP contribution is -2.10. The van der Waals surface area contributed by atoms with Gasteiger partial charge in [-0.2, -0.15) is 0 Å². The van der Waals surface area contributed by atoms with E-state index >= 15 is 0 Å². The van der Waals surface area contributed by atoms with Gasteiger partial charge in [0.1, 0.15) is 12.4 Å². The average Bonchev–Trinajstić information content (AvgIpc) is 2.50. The number of carbonyl (C=O) groups excluding carboxylic acids is 1. The zero-order chi connectivity index (χ0) is 17.7. The standard InChI is InChI=1S/C21H32O2/c1-13(2)18-9-19(14(3)4)21(20(10-18)15(5)6)17(8)23-12-16(7)11-22/h9-15,17H,1-8H3/t17-/m0/s1. The molecule has 0 aliphatic heterocycles. The first-order chi connectivity index (χ1) is 10.7. The van der Waals surface area contributed by atoms with Crippen LogP contribution in [0.25, 0.3) is 0 Å². The number of aldehydes is 1. The van der Waals surface area contributed by atoms with Crippen molar-refractivity contribution in [3.05, 3.63) is 46.2 Å². The summed E-state index contributed by atoms with van der Waals surface area (Å²) in [6.45, 7) is 17.2. The summed E-state index contributed by atoms with van der Waals surface area (Å²) in [6, 6.07) is 4.65. The summed E-state index contributed by atoms with van der Waals surface area (Å²) >= 11 is 0. The van der Waals surface area contributed by atoms with Crippen LogP contribution < -0.4 is 0 Å². The average molecular weight is 316 g/mol. The molecular weight excluding hydrogens is 284 g/mol. The Morgan fingerprint density at radius 2 is 1.39 bits per heavy atom. The molecule has 0 unspecified atom stereocenters. The van der Waals surface area contributed by atoms with Crippen LogP contribution in [0.5, 0.6) is 0 Å². The summed E-state index contributed by atoms with van der Waals surface area (Å²) in [4.78, 5) is 10.8.